The molecule has 1 saturated carbocycles. The summed E-state index contributed by atoms with van der Waals surface area (Å²) >= 11 is 0. The molecular formula is C24H22N2O5. The van der Waals surface area contributed by atoms with Gasteiger partial charge in [-0.2, -0.15) is 0 Å². The Morgan fingerprint density at radius 1 is 0.871 bits per heavy atom. The first kappa shape index (κ1) is 18.3. The van der Waals surface area contributed by atoms with Crippen LogP contribution in [0.15, 0.2) is 52.9 Å². The summed E-state index contributed by atoms with van der Waals surface area (Å²) in [6, 6.07) is 15.3. The lowest BCUT2D eigenvalue weighted by Gasteiger charge is -2.34. The molecule has 6 rings (SSSR count). The van der Waals surface area contributed by atoms with Gasteiger partial charge in [0, 0.05) is 37.5 Å². The van der Waals surface area contributed by atoms with Crippen LogP contribution in [0.1, 0.15) is 28.5 Å². The largest absolute Gasteiger partial charge is 0.454 e. The summed E-state index contributed by atoms with van der Waals surface area (Å²) in [6.45, 7) is 2.39. The highest BCUT2D eigenvalue weighted by Gasteiger charge is 2.46. The molecule has 1 aliphatic carbocycles. The normalized spacial score (nSPS) is 22.1. The molecule has 2 unspecified atom stereocenters. The van der Waals surface area contributed by atoms with Crippen LogP contribution in [0.4, 0.5) is 0 Å². The van der Waals surface area contributed by atoms with E-state index in [9.17, 15) is 9.59 Å². The van der Waals surface area contributed by atoms with Gasteiger partial charge in [0.15, 0.2) is 17.3 Å². The van der Waals surface area contributed by atoms with Gasteiger partial charge in [-0.1, -0.05) is 24.3 Å². The Labute approximate surface area is 179 Å². The predicted molar refractivity (Wildman–Crippen MR) is 112 cm³/mol. The lowest BCUT2D eigenvalue weighted by atomic mass is 10.1. The molecule has 2 amide bonds. The standard InChI is InChI=1S/C24H22N2O5/c27-23(18-13-17(18)15-5-6-20-21(11-15)30-14-29-20)25-7-9-26(10-8-25)24(28)22-12-16-3-1-2-4-19(16)31-22/h1-6,11-12,17-18H,7-10,13-14H2. The third kappa shape index (κ3) is 3.21. The Bertz CT molecular complexity index is 1140. The lowest BCUT2D eigenvalue weighted by molar-refractivity contribution is -0.134. The zero-order chi connectivity index (χ0) is 20.9. The van der Waals surface area contributed by atoms with Gasteiger partial charge in [0.1, 0.15) is 5.58 Å². The number of para-hydroxylation sites is 1. The van der Waals surface area contributed by atoms with Crippen LogP contribution in [0.5, 0.6) is 11.5 Å². The van der Waals surface area contributed by atoms with Gasteiger partial charge in [-0.05, 0) is 42.2 Å². The van der Waals surface area contributed by atoms with E-state index in [1.54, 1.807) is 11.0 Å². The van der Waals surface area contributed by atoms with E-state index < -0.39 is 0 Å². The number of carbonyl (C=O) groups excluding carboxylic acids is 2. The molecule has 7 nitrogen and oxygen atoms in total. The fourth-order valence-corrected chi connectivity index (χ4v) is 4.59. The number of hydrogen-bond acceptors (Lipinski definition) is 5. The van der Waals surface area contributed by atoms with E-state index in [2.05, 4.69) is 0 Å². The second kappa shape index (κ2) is 7.04. The van der Waals surface area contributed by atoms with Crippen molar-refractivity contribution in [3.8, 4) is 11.5 Å². The minimum atomic E-state index is -0.118. The maximum Gasteiger partial charge on any atom is 0.289 e. The van der Waals surface area contributed by atoms with Crippen molar-refractivity contribution < 1.29 is 23.5 Å². The summed E-state index contributed by atoms with van der Waals surface area (Å²) in [6.07, 6.45) is 0.858. The van der Waals surface area contributed by atoms with Crippen molar-refractivity contribution in [3.63, 3.8) is 0 Å². The zero-order valence-corrected chi connectivity index (χ0v) is 17.0. The van der Waals surface area contributed by atoms with E-state index in [0.29, 0.717) is 37.5 Å². The smallest absolute Gasteiger partial charge is 0.289 e. The van der Waals surface area contributed by atoms with Crippen molar-refractivity contribution in [3.05, 3.63) is 59.9 Å². The number of fused-ring (bicyclic) bond motifs is 2. The van der Waals surface area contributed by atoms with Crippen molar-refractivity contribution in [1.29, 1.82) is 0 Å². The molecule has 3 aromatic rings. The minimum Gasteiger partial charge on any atom is -0.454 e. The monoisotopic (exact) mass is 418 g/mol. The van der Waals surface area contributed by atoms with Crippen LogP contribution >= 0.6 is 0 Å². The topological polar surface area (TPSA) is 72.2 Å². The zero-order valence-electron chi connectivity index (χ0n) is 17.0. The Morgan fingerprint density at radius 2 is 1.65 bits per heavy atom. The molecule has 0 spiro atoms. The molecule has 0 N–H and O–H groups in total. The van der Waals surface area contributed by atoms with Crippen LogP contribution < -0.4 is 9.47 Å². The fourth-order valence-electron chi connectivity index (χ4n) is 4.59. The van der Waals surface area contributed by atoms with Gasteiger partial charge < -0.3 is 23.7 Å². The number of carbonyl (C=O) groups is 2. The third-order valence-corrected chi connectivity index (χ3v) is 6.45. The van der Waals surface area contributed by atoms with E-state index in [4.69, 9.17) is 13.9 Å². The second-order valence-electron chi connectivity index (χ2n) is 8.33. The number of hydrogen-bond donors (Lipinski definition) is 0. The second-order valence-corrected chi connectivity index (χ2v) is 8.33. The molecule has 2 aromatic carbocycles. The number of piperazine rings is 1. The minimum absolute atomic E-state index is 0.0120. The van der Waals surface area contributed by atoms with Crippen LogP contribution in [0.3, 0.4) is 0 Å². The molecule has 2 atom stereocenters. The maximum atomic E-state index is 13.0. The van der Waals surface area contributed by atoms with Crippen molar-refractivity contribution >= 4 is 22.8 Å². The number of nitrogens with zero attached hydrogens (tertiary/aromatic N) is 2. The number of rotatable bonds is 3. The molecule has 3 heterocycles. The molecule has 31 heavy (non-hydrogen) atoms. The van der Waals surface area contributed by atoms with E-state index in [0.717, 1.165) is 28.9 Å². The molecule has 3 aliphatic rings. The van der Waals surface area contributed by atoms with Gasteiger partial charge in [0.05, 0.1) is 0 Å². The van der Waals surface area contributed by atoms with Gasteiger partial charge in [-0.3, -0.25) is 9.59 Å². The molecular weight excluding hydrogens is 396 g/mol. The van der Waals surface area contributed by atoms with E-state index in [1.807, 2.05) is 47.4 Å². The molecule has 158 valence electrons. The fraction of sp³-hybridized carbons (Fsp3) is 0.333. The van der Waals surface area contributed by atoms with Crippen LogP contribution in [-0.4, -0.2) is 54.6 Å². The molecule has 0 bridgehead atoms. The molecule has 2 fully saturated rings. The maximum absolute atomic E-state index is 13.0. The van der Waals surface area contributed by atoms with Gasteiger partial charge in [-0.25, -0.2) is 0 Å². The third-order valence-electron chi connectivity index (χ3n) is 6.45. The highest BCUT2D eigenvalue weighted by Crippen LogP contribution is 2.50. The van der Waals surface area contributed by atoms with Crippen LogP contribution in [0.25, 0.3) is 11.0 Å². The van der Waals surface area contributed by atoms with E-state index in [-0.39, 0.29) is 30.4 Å². The number of furan rings is 1. The van der Waals surface area contributed by atoms with Crippen LogP contribution in [-0.2, 0) is 4.79 Å². The van der Waals surface area contributed by atoms with Gasteiger partial charge >= 0.3 is 0 Å². The molecule has 1 aromatic heterocycles. The summed E-state index contributed by atoms with van der Waals surface area (Å²) < 4.78 is 16.5. The predicted octanol–water partition coefficient (Wildman–Crippen LogP) is 3.25. The number of ether oxygens (including phenoxy) is 2. The Morgan fingerprint density at radius 3 is 2.48 bits per heavy atom. The highest BCUT2D eigenvalue weighted by atomic mass is 16.7. The van der Waals surface area contributed by atoms with Crippen LogP contribution in [0.2, 0.25) is 0 Å². The number of benzene rings is 2. The summed E-state index contributed by atoms with van der Waals surface area (Å²) in [5, 5.41) is 0.919. The summed E-state index contributed by atoms with van der Waals surface area (Å²) in [5.41, 5.74) is 1.84. The van der Waals surface area contributed by atoms with Crippen molar-refractivity contribution in [2.24, 2.45) is 5.92 Å². The molecule has 1 saturated heterocycles. The summed E-state index contributed by atoms with van der Waals surface area (Å²) in [5.74, 6) is 2.18. The quantitative estimate of drug-likeness (QED) is 0.653. The average molecular weight is 418 g/mol. The summed E-state index contributed by atoms with van der Waals surface area (Å²) in [4.78, 5) is 29.5. The first-order valence-corrected chi connectivity index (χ1v) is 10.6. The number of amides is 2. The molecule has 2 aliphatic heterocycles. The van der Waals surface area contributed by atoms with Gasteiger partial charge in [0.25, 0.3) is 5.91 Å². The molecule has 0 radical (unpaired) electrons. The van der Waals surface area contributed by atoms with Crippen LogP contribution in [0, 0.1) is 5.92 Å². The van der Waals surface area contributed by atoms with Crippen molar-refractivity contribution in [1.82, 2.24) is 9.80 Å². The van der Waals surface area contributed by atoms with E-state index >= 15 is 0 Å². The van der Waals surface area contributed by atoms with Gasteiger partial charge in [0.2, 0.25) is 12.7 Å². The van der Waals surface area contributed by atoms with E-state index in [1.165, 1.54) is 0 Å². The first-order valence-electron chi connectivity index (χ1n) is 10.6. The van der Waals surface area contributed by atoms with Crippen molar-refractivity contribution in [2.75, 3.05) is 33.0 Å². The lowest BCUT2D eigenvalue weighted by Crippen LogP contribution is -2.51. The Balaban J connectivity index is 1.07. The van der Waals surface area contributed by atoms with Crippen molar-refractivity contribution in [2.45, 2.75) is 12.3 Å². The average Bonchev–Trinajstić information content (AvgIpc) is 3.26. The SMILES string of the molecule is O=C(c1cc2ccccc2o1)N1CCN(C(=O)C2CC2c2ccc3c(c2)OCO3)CC1. The highest BCUT2D eigenvalue weighted by molar-refractivity contribution is 5.96. The van der Waals surface area contributed by atoms with Gasteiger partial charge in [-0.15, -0.1) is 0 Å². The molecule has 7 heteroatoms. The Hall–Kier alpha value is -3.48. The Kier molecular flexibility index (Phi) is 4.16. The summed E-state index contributed by atoms with van der Waals surface area (Å²) in [7, 11) is 0. The first-order chi connectivity index (χ1) is 15.2.